The van der Waals surface area contributed by atoms with Crippen LogP contribution in [0.1, 0.15) is 58.1 Å². The van der Waals surface area contributed by atoms with E-state index in [2.05, 4.69) is 29.0 Å². The molecule has 2 amide bonds. The molecule has 7 heteroatoms. The van der Waals surface area contributed by atoms with Gasteiger partial charge in [-0.1, -0.05) is 6.07 Å². The third-order valence-corrected chi connectivity index (χ3v) is 6.55. The molecule has 0 saturated carbocycles. The van der Waals surface area contributed by atoms with Crippen molar-refractivity contribution in [2.75, 3.05) is 46.8 Å². The Labute approximate surface area is 190 Å². The lowest BCUT2D eigenvalue weighted by Gasteiger charge is -2.34. The lowest BCUT2D eigenvalue weighted by atomic mass is 9.92. The molecule has 2 aromatic rings. The van der Waals surface area contributed by atoms with Crippen LogP contribution in [-0.2, 0) is 0 Å². The van der Waals surface area contributed by atoms with E-state index >= 15 is 0 Å². The van der Waals surface area contributed by atoms with Crippen molar-refractivity contribution in [3.63, 3.8) is 0 Å². The summed E-state index contributed by atoms with van der Waals surface area (Å²) in [6.07, 6.45) is 7.37. The molecule has 4 heterocycles. The molecule has 4 rings (SSSR count). The summed E-state index contributed by atoms with van der Waals surface area (Å²) in [6, 6.07) is 9.33. The van der Waals surface area contributed by atoms with Crippen molar-refractivity contribution in [3.05, 3.63) is 59.7 Å². The molecule has 2 aromatic heterocycles. The highest BCUT2D eigenvalue weighted by Gasteiger charge is 2.27. The summed E-state index contributed by atoms with van der Waals surface area (Å²) in [7, 11) is 4.17. The summed E-state index contributed by atoms with van der Waals surface area (Å²) < 4.78 is 0. The number of hydrogen-bond acceptors (Lipinski definition) is 5. The van der Waals surface area contributed by atoms with Gasteiger partial charge in [0.1, 0.15) is 5.69 Å². The van der Waals surface area contributed by atoms with E-state index in [0.717, 1.165) is 44.6 Å². The number of amides is 2. The van der Waals surface area contributed by atoms with E-state index in [1.54, 1.807) is 18.5 Å². The molecule has 0 radical (unpaired) electrons. The van der Waals surface area contributed by atoms with Crippen LogP contribution in [0, 0.1) is 5.92 Å². The molecule has 0 N–H and O–H groups in total. The summed E-state index contributed by atoms with van der Waals surface area (Å²) in [5.41, 5.74) is 2.18. The number of aromatic nitrogens is 2. The number of carbonyl (C=O) groups is 2. The first-order chi connectivity index (χ1) is 15.5. The summed E-state index contributed by atoms with van der Waals surface area (Å²) in [6.45, 7) is 4.06. The minimum atomic E-state index is -0.00736. The monoisotopic (exact) mass is 435 g/mol. The first-order valence-electron chi connectivity index (χ1n) is 11.6. The maximum Gasteiger partial charge on any atom is 0.272 e. The maximum absolute atomic E-state index is 13.0. The highest BCUT2D eigenvalue weighted by molar-refractivity contribution is 5.94. The summed E-state index contributed by atoms with van der Waals surface area (Å²) in [5, 5.41) is 0. The first kappa shape index (κ1) is 22.4. The minimum Gasteiger partial charge on any atom is -0.338 e. The Balaban J connectivity index is 1.32. The molecule has 0 aromatic carbocycles. The zero-order chi connectivity index (χ0) is 22.5. The van der Waals surface area contributed by atoms with Crippen LogP contribution in [0.4, 0.5) is 0 Å². The fourth-order valence-electron chi connectivity index (χ4n) is 4.90. The zero-order valence-corrected chi connectivity index (χ0v) is 19.1. The summed E-state index contributed by atoms with van der Waals surface area (Å²) >= 11 is 0. The lowest BCUT2D eigenvalue weighted by molar-refractivity contribution is 0.0653. The predicted molar refractivity (Wildman–Crippen MR) is 124 cm³/mol. The highest BCUT2D eigenvalue weighted by Crippen LogP contribution is 2.28. The van der Waals surface area contributed by atoms with Gasteiger partial charge in [-0.2, -0.15) is 0 Å². The Bertz CT molecular complexity index is 908. The fourth-order valence-corrected chi connectivity index (χ4v) is 4.90. The standard InChI is InChI=1S/C25H33N5O2/c1-28(2)17-19-6-5-13-30(18-19)24(31)21-8-9-22(27-16-21)20-10-14-29(15-11-20)25(32)23-7-3-4-12-26-23/h3-4,7-9,12,16,19-20H,5-6,10-11,13-15,17-18H2,1-2H3/t19-/m0/s1. The fraction of sp³-hybridized carbons (Fsp3) is 0.520. The molecule has 1 atom stereocenters. The number of carbonyl (C=O) groups excluding carboxylic acids is 2. The van der Waals surface area contributed by atoms with Gasteiger partial charge in [-0.25, -0.2) is 0 Å². The maximum atomic E-state index is 13.0. The van der Waals surface area contributed by atoms with Crippen molar-refractivity contribution in [1.29, 1.82) is 0 Å². The van der Waals surface area contributed by atoms with Gasteiger partial charge in [0.15, 0.2) is 0 Å². The van der Waals surface area contributed by atoms with E-state index in [1.807, 2.05) is 34.1 Å². The van der Waals surface area contributed by atoms with Crippen molar-refractivity contribution in [2.24, 2.45) is 5.92 Å². The predicted octanol–water partition coefficient (Wildman–Crippen LogP) is 2.91. The normalized spacial score (nSPS) is 19.9. The summed E-state index contributed by atoms with van der Waals surface area (Å²) in [4.78, 5) is 40.5. The van der Waals surface area contributed by atoms with Gasteiger partial charge in [0.25, 0.3) is 11.8 Å². The third kappa shape index (κ3) is 5.33. The van der Waals surface area contributed by atoms with Crippen molar-refractivity contribution in [2.45, 2.75) is 31.6 Å². The molecule has 7 nitrogen and oxygen atoms in total. The molecule has 2 aliphatic heterocycles. The SMILES string of the molecule is CN(C)C[C@@H]1CCCN(C(=O)c2ccc(C3CCN(C(=O)c4ccccn4)CC3)nc2)C1. The van der Waals surface area contributed by atoms with Crippen molar-refractivity contribution in [3.8, 4) is 0 Å². The van der Waals surface area contributed by atoms with E-state index in [9.17, 15) is 9.59 Å². The Hall–Kier alpha value is -2.80. The highest BCUT2D eigenvalue weighted by atomic mass is 16.2. The molecule has 0 bridgehead atoms. The van der Waals surface area contributed by atoms with Crippen LogP contribution in [0.25, 0.3) is 0 Å². The second-order valence-electron chi connectivity index (χ2n) is 9.27. The lowest BCUT2D eigenvalue weighted by Crippen LogP contribution is -2.42. The number of nitrogens with zero attached hydrogens (tertiary/aromatic N) is 5. The molecule has 2 aliphatic rings. The smallest absolute Gasteiger partial charge is 0.272 e. The van der Waals surface area contributed by atoms with Crippen molar-refractivity contribution in [1.82, 2.24) is 24.7 Å². The first-order valence-corrected chi connectivity index (χ1v) is 11.6. The second-order valence-corrected chi connectivity index (χ2v) is 9.27. The van der Waals surface area contributed by atoms with Crippen molar-refractivity contribution >= 4 is 11.8 Å². The van der Waals surface area contributed by atoms with E-state index in [0.29, 0.717) is 36.2 Å². The van der Waals surface area contributed by atoms with Crippen molar-refractivity contribution < 1.29 is 9.59 Å². The van der Waals surface area contributed by atoms with Gasteiger partial charge in [0.05, 0.1) is 5.56 Å². The van der Waals surface area contributed by atoms with Crippen LogP contribution < -0.4 is 0 Å². The largest absolute Gasteiger partial charge is 0.338 e. The van der Waals surface area contributed by atoms with Gasteiger partial charge in [0.2, 0.25) is 0 Å². The van der Waals surface area contributed by atoms with Gasteiger partial charge < -0.3 is 14.7 Å². The van der Waals surface area contributed by atoms with Gasteiger partial charge in [-0.05, 0) is 70.0 Å². The average Bonchev–Trinajstić information content (AvgIpc) is 2.84. The van der Waals surface area contributed by atoms with Gasteiger partial charge in [-0.3, -0.25) is 19.6 Å². The van der Waals surface area contributed by atoms with E-state index < -0.39 is 0 Å². The van der Waals surface area contributed by atoms with Crippen LogP contribution in [0.15, 0.2) is 42.7 Å². The van der Waals surface area contributed by atoms with Crippen LogP contribution in [-0.4, -0.2) is 83.3 Å². The Kier molecular flexibility index (Phi) is 7.15. The number of piperidine rings is 2. The molecule has 0 unspecified atom stereocenters. The Morgan fingerprint density at radius 1 is 0.969 bits per heavy atom. The van der Waals surface area contributed by atoms with Crippen LogP contribution in [0.2, 0.25) is 0 Å². The molecule has 170 valence electrons. The molecule has 0 spiro atoms. The molecule has 2 fully saturated rings. The topological polar surface area (TPSA) is 69.6 Å². The number of rotatable bonds is 5. The molecule has 32 heavy (non-hydrogen) atoms. The van der Waals surface area contributed by atoms with Crippen LogP contribution >= 0.6 is 0 Å². The number of pyridine rings is 2. The van der Waals surface area contributed by atoms with Crippen LogP contribution in [0.3, 0.4) is 0 Å². The number of likely N-dealkylation sites (tertiary alicyclic amines) is 2. The second kappa shape index (κ2) is 10.2. The summed E-state index contributed by atoms with van der Waals surface area (Å²) in [5.74, 6) is 0.927. The number of hydrogen-bond donors (Lipinski definition) is 0. The van der Waals surface area contributed by atoms with Gasteiger partial charge >= 0.3 is 0 Å². The molecule has 2 saturated heterocycles. The zero-order valence-electron chi connectivity index (χ0n) is 19.1. The minimum absolute atomic E-state index is 0.00736. The van der Waals surface area contributed by atoms with Gasteiger partial charge in [-0.15, -0.1) is 0 Å². The average molecular weight is 436 g/mol. The van der Waals surface area contributed by atoms with E-state index in [-0.39, 0.29) is 11.8 Å². The Morgan fingerprint density at radius 3 is 2.44 bits per heavy atom. The molecule has 0 aliphatic carbocycles. The molecular weight excluding hydrogens is 402 g/mol. The van der Waals surface area contributed by atoms with E-state index in [1.165, 1.54) is 6.42 Å². The molecular formula is C25H33N5O2. The third-order valence-electron chi connectivity index (χ3n) is 6.55. The Morgan fingerprint density at radius 2 is 1.78 bits per heavy atom. The van der Waals surface area contributed by atoms with Gasteiger partial charge in [0, 0.05) is 56.7 Å². The quantitative estimate of drug-likeness (QED) is 0.722. The van der Waals surface area contributed by atoms with E-state index in [4.69, 9.17) is 0 Å². The van der Waals surface area contributed by atoms with Crippen LogP contribution in [0.5, 0.6) is 0 Å².